The van der Waals surface area contributed by atoms with E-state index in [4.69, 9.17) is 5.11 Å². The van der Waals surface area contributed by atoms with Gasteiger partial charge in [-0.2, -0.15) is 0 Å². The highest BCUT2D eigenvalue weighted by atomic mass is 32.1. The summed E-state index contributed by atoms with van der Waals surface area (Å²) in [5, 5.41) is 11.8. The van der Waals surface area contributed by atoms with E-state index in [2.05, 4.69) is 9.97 Å². The summed E-state index contributed by atoms with van der Waals surface area (Å²) in [6.07, 6.45) is 6.15. The molecule has 2 rings (SSSR count). The highest BCUT2D eigenvalue weighted by Gasteiger charge is 2.04. The fourth-order valence-corrected chi connectivity index (χ4v) is 1.91. The lowest BCUT2D eigenvalue weighted by atomic mass is 10.4. The third kappa shape index (κ3) is 2.00. The van der Waals surface area contributed by atoms with Gasteiger partial charge in [0.05, 0.1) is 18.0 Å². The minimum Gasteiger partial charge on any atom is -0.395 e. The second-order valence-corrected chi connectivity index (χ2v) is 3.84. The predicted octanol–water partition coefficient (Wildman–Crippen LogP) is 0.923. The highest BCUT2D eigenvalue weighted by molar-refractivity contribution is 7.09. The number of aromatic nitrogens is 3. The second-order valence-electron chi connectivity index (χ2n) is 2.86. The molecule has 0 saturated heterocycles. The van der Waals surface area contributed by atoms with Gasteiger partial charge in [0.2, 0.25) is 0 Å². The van der Waals surface area contributed by atoms with Gasteiger partial charge in [0.15, 0.2) is 0 Å². The van der Waals surface area contributed by atoms with Gasteiger partial charge in [-0.1, -0.05) is 0 Å². The molecule has 0 aromatic carbocycles. The van der Waals surface area contributed by atoms with Crippen LogP contribution in [0.25, 0.3) is 0 Å². The lowest BCUT2D eigenvalue weighted by Gasteiger charge is -2.03. The third-order valence-corrected chi connectivity index (χ3v) is 2.72. The SMILES string of the molecule is OCCn1ccnc1Cc1nccs1. The summed E-state index contributed by atoms with van der Waals surface area (Å²) in [4.78, 5) is 8.42. The van der Waals surface area contributed by atoms with Crippen LogP contribution in [-0.4, -0.2) is 26.2 Å². The van der Waals surface area contributed by atoms with E-state index in [1.54, 1.807) is 23.7 Å². The predicted molar refractivity (Wildman–Crippen MR) is 54.2 cm³/mol. The Labute approximate surface area is 85.9 Å². The summed E-state index contributed by atoms with van der Waals surface area (Å²) in [6, 6.07) is 0. The first-order valence-corrected chi connectivity index (χ1v) is 5.27. The third-order valence-electron chi connectivity index (χ3n) is 1.94. The molecule has 4 nitrogen and oxygen atoms in total. The number of nitrogens with zero attached hydrogens (tertiary/aromatic N) is 3. The van der Waals surface area contributed by atoms with Gasteiger partial charge in [0.25, 0.3) is 0 Å². The molecule has 2 aromatic heterocycles. The molecule has 0 atom stereocenters. The van der Waals surface area contributed by atoms with Crippen molar-refractivity contribution < 1.29 is 5.11 Å². The first kappa shape index (κ1) is 9.36. The van der Waals surface area contributed by atoms with Crippen molar-refractivity contribution in [2.24, 2.45) is 0 Å². The minimum atomic E-state index is 0.140. The number of hydrogen-bond donors (Lipinski definition) is 1. The smallest absolute Gasteiger partial charge is 0.115 e. The summed E-state index contributed by atoms with van der Waals surface area (Å²) >= 11 is 1.62. The van der Waals surface area contributed by atoms with Crippen LogP contribution in [-0.2, 0) is 13.0 Å². The summed E-state index contributed by atoms with van der Waals surface area (Å²) in [7, 11) is 0. The van der Waals surface area contributed by atoms with Gasteiger partial charge >= 0.3 is 0 Å². The Kier molecular flexibility index (Phi) is 2.90. The normalized spacial score (nSPS) is 10.6. The molecule has 0 bridgehead atoms. The summed E-state index contributed by atoms with van der Waals surface area (Å²) in [5.41, 5.74) is 0. The van der Waals surface area contributed by atoms with E-state index in [1.165, 1.54) is 0 Å². The second kappa shape index (κ2) is 4.34. The summed E-state index contributed by atoms with van der Waals surface area (Å²) in [5.74, 6) is 0.953. The number of rotatable bonds is 4. The Balaban J connectivity index is 2.12. The first-order chi connectivity index (χ1) is 6.90. The number of aliphatic hydroxyl groups is 1. The molecule has 0 spiro atoms. The van der Waals surface area contributed by atoms with E-state index >= 15 is 0 Å². The van der Waals surface area contributed by atoms with Crippen molar-refractivity contribution >= 4 is 11.3 Å². The standard InChI is InChI=1S/C9H11N3OS/c13-5-4-12-3-1-10-8(12)7-9-11-2-6-14-9/h1-3,6,13H,4-5,7H2. The maximum absolute atomic E-state index is 8.83. The van der Waals surface area contributed by atoms with Gasteiger partial charge in [0.1, 0.15) is 5.82 Å². The molecule has 14 heavy (non-hydrogen) atoms. The topological polar surface area (TPSA) is 50.9 Å². The monoisotopic (exact) mass is 209 g/mol. The molecule has 1 N–H and O–H groups in total. The Bertz CT molecular complexity index is 382. The van der Waals surface area contributed by atoms with Crippen molar-refractivity contribution in [3.05, 3.63) is 34.8 Å². The number of imidazole rings is 1. The van der Waals surface area contributed by atoms with Crippen molar-refractivity contribution in [3.8, 4) is 0 Å². The fraction of sp³-hybridized carbons (Fsp3) is 0.333. The maximum atomic E-state index is 8.83. The molecular weight excluding hydrogens is 198 g/mol. The summed E-state index contributed by atoms with van der Waals surface area (Å²) in [6.45, 7) is 0.738. The highest BCUT2D eigenvalue weighted by Crippen LogP contribution is 2.10. The molecule has 5 heteroatoms. The zero-order chi connectivity index (χ0) is 9.80. The molecule has 0 radical (unpaired) electrons. The van der Waals surface area contributed by atoms with Crippen LogP contribution in [0.15, 0.2) is 24.0 Å². The van der Waals surface area contributed by atoms with Gasteiger partial charge in [-0.3, -0.25) is 0 Å². The van der Waals surface area contributed by atoms with Crippen LogP contribution < -0.4 is 0 Å². The average molecular weight is 209 g/mol. The van der Waals surface area contributed by atoms with E-state index in [-0.39, 0.29) is 6.61 Å². The Hall–Kier alpha value is -1.20. The molecule has 0 fully saturated rings. The van der Waals surface area contributed by atoms with Crippen molar-refractivity contribution in [2.45, 2.75) is 13.0 Å². The van der Waals surface area contributed by atoms with Crippen molar-refractivity contribution in [1.29, 1.82) is 0 Å². The van der Waals surface area contributed by atoms with Crippen molar-refractivity contribution in [1.82, 2.24) is 14.5 Å². The van der Waals surface area contributed by atoms with E-state index in [1.807, 2.05) is 16.1 Å². The first-order valence-electron chi connectivity index (χ1n) is 4.39. The van der Waals surface area contributed by atoms with Gasteiger partial charge in [-0.25, -0.2) is 9.97 Å². The van der Waals surface area contributed by atoms with Gasteiger partial charge in [0, 0.05) is 30.5 Å². The molecule has 0 aliphatic heterocycles. The molecule has 0 unspecified atom stereocenters. The van der Waals surface area contributed by atoms with Gasteiger partial charge in [-0.15, -0.1) is 11.3 Å². The molecule has 0 saturated carbocycles. The molecule has 2 aromatic rings. The van der Waals surface area contributed by atoms with E-state index in [9.17, 15) is 0 Å². The summed E-state index contributed by atoms with van der Waals surface area (Å²) < 4.78 is 1.95. The number of hydrogen-bond acceptors (Lipinski definition) is 4. The average Bonchev–Trinajstić information content (AvgIpc) is 2.80. The van der Waals surface area contributed by atoms with Gasteiger partial charge < -0.3 is 9.67 Å². The maximum Gasteiger partial charge on any atom is 0.115 e. The molecule has 0 aliphatic carbocycles. The molecule has 0 amide bonds. The number of thiazole rings is 1. The zero-order valence-corrected chi connectivity index (χ0v) is 8.44. The van der Waals surface area contributed by atoms with E-state index < -0.39 is 0 Å². The molecule has 0 aliphatic rings. The van der Waals surface area contributed by atoms with Crippen LogP contribution in [0, 0.1) is 0 Å². The van der Waals surface area contributed by atoms with Crippen LogP contribution in [0.4, 0.5) is 0 Å². The Morgan fingerprint density at radius 3 is 3.00 bits per heavy atom. The Morgan fingerprint density at radius 2 is 2.29 bits per heavy atom. The number of aliphatic hydroxyl groups excluding tert-OH is 1. The van der Waals surface area contributed by atoms with Crippen molar-refractivity contribution in [2.75, 3.05) is 6.61 Å². The van der Waals surface area contributed by atoms with E-state index in [0.29, 0.717) is 6.54 Å². The Morgan fingerprint density at radius 1 is 1.36 bits per heavy atom. The minimum absolute atomic E-state index is 0.140. The largest absolute Gasteiger partial charge is 0.395 e. The molecule has 2 heterocycles. The van der Waals surface area contributed by atoms with Crippen LogP contribution in [0.2, 0.25) is 0 Å². The van der Waals surface area contributed by atoms with Crippen LogP contribution in [0.1, 0.15) is 10.8 Å². The quantitative estimate of drug-likeness (QED) is 0.814. The van der Waals surface area contributed by atoms with Crippen molar-refractivity contribution in [3.63, 3.8) is 0 Å². The molecular formula is C9H11N3OS. The van der Waals surface area contributed by atoms with Crippen LogP contribution in [0.3, 0.4) is 0 Å². The van der Waals surface area contributed by atoms with Crippen LogP contribution >= 0.6 is 11.3 Å². The molecule has 74 valence electrons. The van der Waals surface area contributed by atoms with Crippen LogP contribution in [0.5, 0.6) is 0 Å². The lowest BCUT2D eigenvalue weighted by Crippen LogP contribution is -2.06. The zero-order valence-electron chi connectivity index (χ0n) is 7.63. The van der Waals surface area contributed by atoms with E-state index in [0.717, 1.165) is 17.3 Å². The fourth-order valence-electron chi connectivity index (χ4n) is 1.29. The lowest BCUT2D eigenvalue weighted by molar-refractivity contribution is 0.274. The van der Waals surface area contributed by atoms with Gasteiger partial charge in [-0.05, 0) is 0 Å².